The van der Waals surface area contributed by atoms with Gasteiger partial charge in [0.05, 0.1) is 0 Å². The summed E-state index contributed by atoms with van der Waals surface area (Å²) in [6, 6.07) is 14.9. The van der Waals surface area contributed by atoms with E-state index in [1.165, 1.54) is 0 Å². The molecular weight excluding hydrogens is 354 g/mol. The Kier molecular flexibility index (Phi) is 6.73. The predicted octanol–water partition coefficient (Wildman–Crippen LogP) is 3.41. The maximum absolute atomic E-state index is 12.0. The fourth-order valence-electron chi connectivity index (χ4n) is 2.56. The van der Waals surface area contributed by atoms with E-state index in [2.05, 4.69) is 43.4 Å². The Labute approximate surface area is 163 Å². The molecule has 8 heteroatoms. The highest BCUT2D eigenvalue weighted by Crippen LogP contribution is 2.15. The van der Waals surface area contributed by atoms with E-state index in [4.69, 9.17) is 0 Å². The largest absolute Gasteiger partial charge is 0.367 e. The van der Waals surface area contributed by atoms with Crippen molar-refractivity contribution in [2.24, 2.45) is 0 Å². The van der Waals surface area contributed by atoms with Crippen LogP contribution in [-0.4, -0.2) is 34.3 Å². The fourth-order valence-corrected chi connectivity index (χ4v) is 2.56. The average molecular weight is 377 g/mol. The maximum atomic E-state index is 12.0. The third-order valence-corrected chi connectivity index (χ3v) is 3.98. The molecule has 2 amide bonds. The van der Waals surface area contributed by atoms with Gasteiger partial charge in [-0.25, -0.2) is 4.79 Å². The lowest BCUT2D eigenvalue weighted by molar-refractivity contribution is 0.252. The highest BCUT2D eigenvalue weighted by Gasteiger charge is 2.04. The van der Waals surface area contributed by atoms with Crippen LogP contribution >= 0.6 is 0 Å². The van der Waals surface area contributed by atoms with Gasteiger partial charge in [0.25, 0.3) is 0 Å². The van der Waals surface area contributed by atoms with Crippen LogP contribution in [0.3, 0.4) is 0 Å². The van der Waals surface area contributed by atoms with Crippen molar-refractivity contribution in [1.82, 2.24) is 20.5 Å². The maximum Gasteiger partial charge on any atom is 0.319 e. The van der Waals surface area contributed by atoms with E-state index in [1.54, 1.807) is 12.4 Å². The van der Waals surface area contributed by atoms with Gasteiger partial charge in [0.2, 0.25) is 0 Å². The molecule has 0 radical (unpaired) electrons. The molecule has 0 aliphatic heterocycles. The molecule has 0 aliphatic rings. The Morgan fingerprint density at radius 1 is 0.929 bits per heavy atom. The molecule has 0 saturated heterocycles. The number of carbonyl (C=O) groups excluding carboxylic acids is 1. The van der Waals surface area contributed by atoms with Gasteiger partial charge in [0.1, 0.15) is 5.82 Å². The van der Waals surface area contributed by atoms with E-state index >= 15 is 0 Å². The summed E-state index contributed by atoms with van der Waals surface area (Å²) in [5.74, 6) is 1.28. The van der Waals surface area contributed by atoms with Gasteiger partial charge in [-0.15, -0.1) is 10.2 Å². The summed E-state index contributed by atoms with van der Waals surface area (Å²) >= 11 is 0. The molecule has 0 atom stereocenters. The summed E-state index contributed by atoms with van der Waals surface area (Å²) in [6.45, 7) is 3.05. The second kappa shape index (κ2) is 9.86. The van der Waals surface area contributed by atoms with E-state index in [0.29, 0.717) is 24.7 Å². The number of benzene rings is 1. The lowest BCUT2D eigenvalue weighted by Gasteiger charge is -2.11. The first-order valence-corrected chi connectivity index (χ1v) is 9.12. The first-order chi connectivity index (χ1) is 13.7. The summed E-state index contributed by atoms with van der Waals surface area (Å²) in [5.41, 5.74) is 2.83. The zero-order valence-corrected chi connectivity index (χ0v) is 15.6. The van der Waals surface area contributed by atoms with Crippen LogP contribution in [0, 0.1) is 0 Å². The van der Waals surface area contributed by atoms with Crippen LogP contribution in [0.2, 0.25) is 0 Å². The molecule has 144 valence electrons. The molecule has 0 aliphatic carbocycles. The van der Waals surface area contributed by atoms with E-state index in [0.717, 1.165) is 23.4 Å². The normalized spacial score (nSPS) is 10.2. The van der Waals surface area contributed by atoms with E-state index in [1.807, 2.05) is 48.5 Å². The lowest BCUT2D eigenvalue weighted by Crippen LogP contribution is -2.33. The van der Waals surface area contributed by atoms with E-state index in [9.17, 15) is 4.79 Å². The van der Waals surface area contributed by atoms with E-state index in [-0.39, 0.29) is 6.03 Å². The van der Waals surface area contributed by atoms with Gasteiger partial charge in [0, 0.05) is 36.9 Å². The van der Waals surface area contributed by atoms with E-state index < -0.39 is 0 Å². The van der Waals surface area contributed by atoms with Crippen molar-refractivity contribution < 1.29 is 4.79 Å². The molecule has 2 heterocycles. The van der Waals surface area contributed by atoms with Crippen LogP contribution in [0.5, 0.6) is 0 Å². The molecule has 8 nitrogen and oxygen atoms in total. The second-order valence-electron chi connectivity index (χ2n) is 5.98. The standard InChI is InChI=1S/C20H23N7O/c1-2-15-5-3-4-6-17(15)25-20(28)23-14-13-22-18-7-8-19(27-26-18)24-16-9-11-21-12-10-16/h3-12H,2,13-14H2,1H3,(H,22,26)(H,21,24,27)(H2,23,25,28). The van der Waals surface area contributed by atoms with Crippen molar-refractivity contribution in [3.05, 3.63) is 66.5 Å². The van der Waals surface area contributed by atoms with Crippen molar-refractivity contribution in [2.45, 2.75) is 13.3 Å². The van der Waals surface area contributed by atoms with Crippen molar-refractivity contribution in [2.75, 3.05) is 29.0 Å². The summed E-state index contributed by atoms with van der Waals surface area (Å²) in [7, 11) is 0. The highest BCUT2D eigenvalue weighted by atomic mass is 16.2. The molecule has 0 bridgehead atoms. The Balaban J connectivity index is 1.39. The predicted molar refractivity (Wildman–Crippen MR) is 111 cm³/mol. The number of rotatable bonds is 8. The fraction of sp³-hybridized carbons (Fsp3) is 0.200. The zero-order chi connectivity index (χ0) is 19.6. The number of hydrogen-bond acceptors (Lipinski definition) is 6. The van der Waals surface area contributed by atoms with Gasteiger partial charge < -0.3 is 21.3 Å². The molecule has 28 heavy (non-hydrogen) atoms. The van der Waals surface area contributed by atoms with Gasteiger partial charge in [-0.2, -0.15) is 0 Å². The SMILES string of the molecule is CCc1ccccc1NC(=O)NCCNc1ccc(Nc2ccncc2)nn1. The van der Waals surface area contributed by atoms with Crippen LogP contribution in [-0.2, 0) is 6.42 Å². The quantitative estimate of drug-likeness (QED) is 0.449. The number of aryl methyl sites for hydroxylation is 1. The average Bonchev–Trinajstić information content (AvgIpc) is 2.73. The minimum Gasteiger partial charge on any atom is -0.367 e. The van der Waals surface area contributed by atoms with Gasteiger partial charge in [-0.05, 0) is 42.3 Å². The molecule has 3 rings (SSSR count). The Bertz CT molecular complexity index is 885. The Morgan fingerprint density at radius 3 is 2.43 bits per heavy atom. The first kappa shape index (κ1) is 19.1. The van der Waals surface area contributed by atoms with Crippen molar-refractivity contribution >= 4 is 29.0 Å². The number of carbonyl (C=O) groups is 1. The number of hydrogen-bond donors (Lipinski definition) is 4. The summed E-state index contributed by atoms with van der Waals surface area (Å²) in [4.78, 5) is 16.0. The minimum absolute atomic E-state index is 0.231. The van der Waals surface area contributed by atoms with Gasteiger partial charge in [-0.1, -0.05) is 25.1 Å². The van der Waals surface area contributed by atoms with Crippen LogP contribution in [0.4, 0.5) is 27.8 Å². The number of nitrogens with zero attached hydrogens (tertiary/aromatic N) is 3. The molecule has 0 spiro atoms. The topological polar surface area (TPSA) is 104 Å². The third kappa shape index (κ3) is 5.66. The lowest BCUT2D eigenvalue weighted by atomic mass is 10.1. The summed E-state index contributed by atoms with van der Waals surface area (Å²) in [6.07, 6.45) is 4.27. The highest BCUT2D eigenvalue weighted by molar-refractivity contribution is 5.90. The molecule has 3 aromatic rings. The number of urea groups is 1. The van der Waals surface area contributed by atoms with Crippen molar-refractivity contribution in [3.63, 3.8) is 0 Å². The second-order valence-corrected chi connectivity index (χ2v) is 5.98. The monoisotopic (exact) mass is 377 g/mol. The Hall–Kier alpha value is -3.68. The molecule has 0 fully saturated rings. The van der Waals surface area contributed by atoms with Gasteiger partial charge >= 0.3 is 6.03 Å². The van der Waals surface area contributed by atoms with Gasteiger partial charge in [0.15, 0.2) is 5.82 Å². The summed E-state index contributed by atoms with van der Waals surface area (Å²) in [5, 5.41) is 20.2. The number of aromatic nitrogens is 3. The van der Waals surface area contributed by atoms with Crippen LogP contribution in [0.1, 0.15) is 12.5 Å². The Morgan fingerprint density at radius 2 is 1.68 bits per heavy atom. The third-order valence-electron chi connectivity index (χ3n) is 3.98. The summed E-state index contributed by atoms with van der Waals surface area (Å²) < 4.78 is 0. The number of nitrogens with one attached hydrogen (secondary N) is 4. The molecule has 0 unspecified atom stereocenters. The number of pyridine rings is 1. The van der Waals surface area contributed by atoms with Crippen LogP contribution < -0.4 is 21.3 Å². The molecule has 1 aromatic carbocycles. The van der Waals surface area contributed by atoms with Crippen LogP contribution in [0.15, 0.2) is 60.9 Å². The number of amides is 2. The van der Waals surface area contributed by atoms with Crippen LogP contribution in [0.25, 0.3) is 0 Å². The zero-order valence-electron chi connectivity index (χ0n) is 15.6. The first-order valence-electron chi connectivity index (χ1n) is 9.12. The van der Waals surface area contributed by atoms with Gasteiger partial charge in [-0.3, -0.25) is 4.98 Å². The molecule has 0 saturated carbocycles. The van der Waals surface area contributed by atoms with Crippen molar-refractivity contribution in [3.8, 4) is 0 Å². The number of para-hydroxylation sites is 1. The number of anilines is 4. The van der Waals surface area contributed by atoms with Crippen molar-refractivity contribution in [1.29, 1.82) is 0 Å². The smallest absolute Gasteiger partial charge is 0.319 e. The molecular formula is C20H23N7O. The molecule has 4 N–H and O–H groups in total. The minimum atomic E-state index is -0.231. The molecule has 2 aromatic heterocycles.